The Labute approximate surface area is 137 Å². The summed E-state index contributed by atoms with van der Waals surface area (Å²) in [5.41, 5.74) is 1.63. The number of aromatic nitrogens is 2. The molecule has 0 aromatic carbocycles. The molecule has 21 heavy (non-hydrogen) atoms. The third-order valence-corrected chi connectivity index (χ3v) is 5.95. The van der Waals surface area contributed by atoms with E-state index in [0.29, 0.717) is 0 Å². The van der Waals surface area contributed by atoms with E-state index >= 15 is 0 Å². The van der Waals surface area contributed by atoms with Crippen LogP contribution in [0.4, 0.5) is 0 Å². The normalized spacial score (nSPS) is 26.8. The third kappa shape index (κ3) is 4.10. The van der Waals surface area contributed by atoms with Crippen molar-refractivity contribution < 1.29 is 5.11 Å². The molecule has 1 saturated carbocycles. The molecule has 0 bridgehead atoms. The van der Waals surface area contributed by atoms with E-state index in [1.54, 1.807) is 0 Å². The Kier molecular flexibility index (Phi) is 5.89. The Hall–Kier alpha value is -0.350. The highest BCUT2D eigenvalue weighted by Gasteiger charge is 2.33. The zero-order valence-electron chi connectivity index (χ0n) is 13.7. The van der Waals surface area contributed by atoms with Crippen molar-refractivity contribution in [3.63, 3.8) is 0 Å². The molecule has 1 fully saturated rings. The molecule has 0 radical (unpaired) electrons. The van der Waals surface area contributed by atoms with Crippen LogP contribution in [0, 0.1) is 12.8 Å². The van der Waals surface area contributed by atoms with Crippen molar-refractivity contribution >= 4 is 15.9 Å². The van der Waals surface area contributed by atoms with Crippen molar-refractivity contribution in [3.8, 4) is 0 Å². The summed E-state index contributed by atoms with van der Waals surface area (Å²) in [6, 6.07) is 0. The Morgan fingerprint density at radius 1 is 1.33 bits per heavy atom. The number of nitrogens with zero attached hydrogens (tertiary/aromatic N) is 2. The SMILES string of the molecule is CCCC1CCCC(O)(Cc2c(Br)c(C)nn2CC)CC1. The fourth-order valence-electron chi connectivity index (χ4n) is 3.69. The summed E-state index contributed by atoms with van der Waals surface area (Å²) in [5, 5.41) is 15.6. The van der Waals surface area contributed by atoms with Crippen LogP contribution in [0.5, 0.6) is 0 Å². The standard InChI is InChI=1S/C17H29BrN2O/c1-4-7-14-8-6-10-17(21,11-9-14)12-15-16(18)13(3)19-20(15)5-2/h14,21H,4-12H2,1-3H3. The number of aliphatic hydroxyl groups is 1. The van der Waals surface area contributed by atoms with Gasteiger partial charge in [-0.25, -0.2) is 0 Å². The first-order valence-electron chi connectivity index (χ1n) is 8.43. The molecule has 120 valence electrons. The smallest absolute Gasteiger partial charge is 0.0738 e. The Balaban J connectivity index is 2.11. The van der Waals surface area contributed by atoms with Gasteiger partial charge >= 0.3 is 0 Å². The summed E-state index contributed by atoms with van der Waals surface area (Å²) >= 11 is 3.65. The van der Waals surface area contributed by atoms with Gasteiger partial charge in [-0.1, -0.05) is 32.6 Å². The number of aryl methyl sites for hydroxylation is 2. The van der Waals surface area contributed by atoms with Gasteiger partial charge < -0.3 is 5.11 Å². The third-order valence-electron chi connectivity index (χ3n) is 4.92. The van der Waals surface area contributed by atoms with Crippen LogP contribution in [-0.2, 0) is 13.0 Å². The minimum atomic E-state index is -0.551. The molecule has 2 atom stereocenters. The van der Waals surface area contributed by atoms with Gasteiger partial charge in [0.2, 0.25) is 0 Å². The molecule has 3 nitrogen and oxygen atoms in total. The molecular formula is C17H29BrN2O. The van der Waals surface area contributed by atoms with E-state index in [-0.39, 0.29) is 0 Å². The van der Waals surface area contributed by atoms with E-state index in [4.69, 9.17) is 0 Å². The molecule has 1 aliphatic carbocycles. The quantitative estimate of drug-likeness (QED) is 0.781. The zero-order valence-corrected chi connectivity index (χ0v) is 15.2. The van der Waals surface area contributed by atoms with Crippen LogP contribution in [0.15, 0.2) is 4.47 Å². The maximum absolute atomic E-state index is 11.1. The lowest BCUT2D eigenvalue weighted by Gasteiger charge is -2.27. The largest absolute Gasteiger partial charge is 0.389 e. The number of rotatable bonds is 5. The number of hydrogen-bond acceptors (Lipinski definition) is 2. The molecule has 1 heterocycles. The Morgan fingerprint density at radius 2 is 2.10 bits per heavy atom. The van der Waals surface area contributed by atoms with E-state index in [1.165, 1.54) is 25.7 Å². The molecule has 1 aromatic rings. The Bertz CT molecular complexity index is 472. The summed E-state index contributed by atoms with van der Waals surface area (Å²) in [6.07, 6.45) is 8.75. The lowest BCUT2D eigenvalue weighted by Crippen LogP contribution is -2.32. The van der Waals surface area contributed by atoms with Crippen LogP contribution in [-0.4, -0.2) is 20.5 Å². The van der Waals surface area contributed by atoms with Crippen LogP contribution in [0.25, 0.3) is 0 Å². The van der Waals surface area contributed by atoms with Crippen LogP contribution >= 0.6 is 15.9 Å². The van der Waals surface area contributed by atoms with Crippen molar-refractivity contribution in [1.82, 2.24) is 9.78 Å². The molecule has 1 aliphatic rings. The highest BCUT2D eigenvalue weighted by molar-refractivity contribution is 9.10. The maximum Gasteiger partial charge on any atom is 0.0738 e. The minimum Gasteiger partial charge on any atom is -0.389 e. The van der Waals surface area contributed by atoms with Crippen LogP contribution in [0.3, 0.4) is 0 Å². The fraction of sp³-hybridized carbons (Fsp3) is 0.824. The molecule has 2 unspecified atom stereocenters. The molecule has 1 aromatic heterocycles. The first-order valence-corrected chi connectivity index (χ1v) is 9.22. The zero-order chi connectivity index (χ0) is 15.5. The molecule has 0 saturated heterocycles. The molecule has 0 amide bonds. The highest BCUT2D eigenvalue weighted by Crippen LogP contribution is 2.36. The van der Waals surface area contributed by atoms with Gasteiger partial charge in [-0.3, -0.25) is 4.68 Å². The van der Waals surface area contributed by atoms with E-state index < -0.39 is 5.60 Å². The van der Waals surface area contributed by atoms with Gasteiger partial charge in [0, 0.05) is 13.0 Å². The first-order chi connectivity index (χ1) is 9.99. The topological polar surface area (TPSA) is 38.1 Å². The van der Waals surface area contributed by atoms with Gasteiger partial charge in [-0.15, -0.1) is 0 Å². The van der Waals surface area contributed by atoms with Crippen molar-refractivity contribution in [3.05, 3.63) is 15.9 Å². The maximum atomic E-state index is 11.1. The average Bonchev–Trinajstić information content (AvgIpc) is 2.62. The van der Waals surface area contributed by atoms with E-state index in [1.807, 2.05) is 11.6 Å². The summed E-state index contributed by atoms with van der Waals surface area (Å²) in [5.74, 6) is 0.810. The average molecular weight is 357 g/mol. The Morgan fingerprint density at radius 3 is 2.76 bits per heavy atom. The highest BCUT2D eigenvalue weighted by atomic mass is 79.9. The van der Waals surface area contributed by atoms with Crippen molar-refractivity contribution in [2.75, 3.05) is 0 Å². The van der Waals surface area contributed by atoms with Gasteiger partial charge in [0.05, 0.1) is 21.5 Å². The first kappa shape index (κ1) is 17.0. The van der Waals surface area contributed by atoms with Crippen molar-refractivity contribution in [1.29, 1.82) is 0 Å². The van der Waals surface area contributed by atoms with E-state index in [0.717, 1.165) is 54.0 Å². The molecule has 0 aliphatic heterocycles. The second-order valence-corrected chi connectivity index (χ2v) is 7.44. The van der Waals surface area contributed by atoms with Gasteiger partial charge in [0.15, 0.2) is 0 Å². The summed E-state index contributed by atoms with van der Waals surface area (Å²) in [6.45, 7) is 7.25. The lowest BCUT2D eigenvalue weighted by atomic mass is 9.88. The molecular weight excluding hydrogens is 328 g/mol. The monoisotopic (exact) mass is 356 g/mol. The number of halogens is 1. The predicted molar refractivity (Wildman–Crippen MR) is 90.5 cm³/mol. The second-order valence-electron chi connectivity index (χ2n) is 6.65. The van der Waals surface area contributed by atoms with Gasteiger partial charge in [0.25, 0.3) is 0 Å². The van der Waals surface area contributed by atoms with Crippen LogP contribution in [0.2, 0.25) is 0 Å². The van der Waals surface area contributed by atoms with Crippen molar-refractivity contribution in [2.24, 2.45) is 5.92 Å². The lowest BCUT2D eigenvalue weighted by molar-refractivity contribution is 0.0221. The summed E-state index contributed by atoms with van der Waals surface area (Å²) in [4.78, 5) is 0. The van der Waals surface area contributed by atoms with Gasteiger partial charge in [-0.2, -0.15) is 5.10 Å². The molecule has 4 heteroatoms. The van der Waals surface area contributed by atoms with Gasteiger partial charge in [-0.05, 0) is 55.0 Å². The number of hydrogen-bond donors (Lipinski definition) is 1. The second kappa shape index (κ2) is 7.28. The fourth-order valence-corrected chi connectivity index (χ4v) is 4.11. The van der Waals surface area contributed by atoms with E-state index in [2.05, 4.69) is 34.9 Å². The molecule has 2 rings (SSSR count). The predicted octanol–water partition coefficient (Wildman–Crippen LogP) is 4.63. The van der Waals surface area contributed by atoms with Gasteiger partial charge in [0.1, 0.15) is 0 Å². The van der Waals surface area contributed by atoms with E-state index in [9.17, 15) is 5.11 Å². The van der Waals surface area contributed by atoms with Crippen molar-refractivity contribution in [2.45, 2.75) is 84.3 Å². The summed E-state index contributed by atoms with van der Waals surface area (Å²) < 4.78 is 3.11. The molecule has 0 spiro atoms. The minimum absolute atomic E-state index is 0.551. The van der Waals surface area contributed by atoms with Crippen LogP contribution in [0.1, 0.15) is 70.2 Å². The van der Waals surface area contributed by atoms with Crippen LogP contribution < -0.4 is 0 Å². The molecule has 1 N–H and O–H groups in total. The summed E-state index contributed by atoms with van der Waals surface area (Å²) in [7, 11) is 0.